The summed E-state index contributed by atoms with van der Waals surface area (Å²) in [6.45, 7) is 4.41. The molecule has 1 aromatic rings. The first-order chi connectivity index (χ1) is 9.16. The molecule has 1 aromatic carbocycles. The number of piperidine rings is 1. The van der Waals surface area contributed by atoms with Crippen LogP contribution in [0.25, 0.3) is 0 Å². The first-order valence-corrected chi connectivity index (χ1v) is 7.31. The first-order valence-electron chi connectivity index (χ1n) is 6.93. The minimum atomic E-state index is -0.142. The summed E-state index contributed by atoms with van der Waals surface area (Å²) < 4.78 is 0. The molecule has 0 saturated carbocycles. The standard InChI is InChI=1S/C15H21ClN2O/c1-12(15(19)18-8-3-2-4-9-18)17-11-13-6-5-7-14(16)10-13/h5-7,10,12,17H,2-4,8-9,11H2,1H3. The molecule has 1 fully saturated rings. The van der Waals surface area contributed by atoms with E-state index in [9.17, 15) is 4.79 Å². The van der Waals surface area contributed by atoms with Gasteiger partial charge in [0.15, 0.2) is 0 Å². The minimum Gasteiger partial charge on any atom is -0.341 e. The van der Waals surface area contributed by atoms with E-state index in [2.05, 4.69) is 5.32 Å². The molecule has 1 saturated heterocycles. The maximum absolute atomic E-state index is 12.2. The quantitative estimate of drug-likeness (QED) is 0.920. The Kier molecular flexibility index (Phi) is 5.23. The number of carbonyl (C=O) groups excluding carboxylic acids is 1. The molecule has 19 heavy (non-hydrogen) atoms. The summed E-state index contributed by atoms with van der Waals surface area (Å²) in [6.07, 6.45) is 3.51. The van der Waals surface area contributed by atoms with E-state index in [-0.39, 0.29) is 11.9 Å². The number of hydrogen-bond donors (Lipinski definition) is 1. The number of likely N-dealkylation sites (tertiary alicyclic amines) is 1. The average Bonchev–Trinajstić information content (AvgIpc) is 2.45. The number of halogens is 1. The van der Waals surface area contributed by atoms with Gasteiger partial charge in [0, 0.05) is 24.7 Å². The number of amides is 1. The largest absolute Gasteiger partial charge is 0.341 e. The lowest BCUT2D eigenvalue weighted by Gasteiger charge is -2.29. The normalized spacial score (nSPS) is 17.3. The van der Waals surface area contributed by atoms with Gasteiger partial charge in [0.25, 0.3) is 0 Å². The smallest absolute Gasteiger partial charge is 0.239 e. The van der Waals surface area contributed by atoms with Gasteiger partial charge in [-0.1, -0.05) is 23.7 Å². The Bertz CT molecular complexity index is 430. The van der Waals surface area contributed by atoms with Crippen LogP contribution in [0.2, 0.25) is 5.02 Å². The molecule has 4 heteroatoms. The number of nitrogens with one attached hydrogen (secondary N) is 1. The van der Waals surface area contributed by atoms with E-state index in [4.69, 9.17) is 11.6 Å². The minimum absolute atomic E-state index is 0.142. The van der Waals surface area contributed by atoms with Crippen molar-refractivity contribution in [2.45, 2.75) is 38.8 Å². The van der Waals surface area contributed by atoms with Crippen LogP contribution >= 0.6 is 11.6 Å². The molecular weight excluding hydrogens is 260 g/mol. The fourth-order valence-corrected chi connectivity index (χ4v) is 2.61. The lowest BCUT2D eigenvalue weighted by molar-refractivity contribution is -0.133. The molecule has 0 aliphatic carbocycles. The fraction of sp³-hybridized carbons (Fsp3) is 0.533. The average molecular weight is 281 g/mol. The Morgan fingerprint density at radius 3 is 2.79 bits per heavy atom. The Morgan fingerprint density at radius 1 is 1.37 bits per heavy atom. The molecule has 1 amide bonds. The van der Waals surface area contributed by atoms with Crippen LogP contribution in [-0.2, 0) is 11.3 Å². The molecule has 0 bridgehead atoms. The van der Waals surface area contributed by atoms with Crippen LogP contribution in [0.3, 0.4) is 0 Å². The van der Waals surface area contributed by atoms with E-state index in [1.807, 2.05) is 36.1 Å². The maximum atomic E-state index is 12.2. The van der Waals surface area contributed by atoms with Gasteiger partial charge >= 0.3 is 0 Å². The van der Waals surface area contributed by atoms with Crippen molar-refractivity contribution in [1.29, 1.82) is 0 Å². The lowest BCUT2D eigenvalue weighted by Crippen LogP contribution is -2.46. The van der Waals surface area contributed by atoms with Gasteiger partial charge in [-0.15, -0.1) is 0 Å². The second-order valence-corrected chi connectivity index (χ2v) is 5.55. The van der Waals surface area contributed by atoms with Crippen molar-refractivity contribution in [3.8, 4) is 0 Å². The summed E-state index contributed by atoms with van der Waals surface area (Å²) in [4.78, 5) is 14.2. The van der Waals surface area contributed by atoms with Crippen LogP contribution in [0, 0.1) is 0 Å². The predicted octanol–water partition coefficient (Wildman–Crippen LogP) is 2.83. The van der Waals surface area contributed by atoms with Crippen molar-refractivity contribution < 1.29 is 4.79 Å². The van der Waals surface area contributed by atoms with E-state index in [0.717, 1.165) is 36.5 Å². The Balaban J connectivity index is 1.83. The Labute approximate surface area is 119 Å². The zero-order valence-corrected chi connectivity index (χ0v) is 12.1. The van der Waals surface area contributed by atoms with E-state index < -0.39 is 0 Å². The zero-order chi connectivity index (χ0) is 13.7. The van der Waals surface area contributed by atoms with Gasteiger partial charge in [-0.05, 0) is 43.9 Å². The molecule has 2 rings (SSSR count). The molecule has 1 atom stereocenters. The van der Waals surface area contributed by atoms with Gasteiger partial charge in [0.05, 0.1) is 6.04 Å². The van der Waals surface area contributed by atoms with Crippen molar-refractivity contribution in [1.82, 2.24) is 10.2 Å². The molecule has 104 valence electrons. The van der Waals surface area contributed by atoms with Gasteiger partial charge in [0.2, 0.25) is 5.91 Å². The summed E-state index contributed by atoms with van der Waals surface area (Å²) in [5.41, 5.74) is 1.10. The van der Waals surface area contributed by atoms with Crippen molar-refractivity contribution >= 4 is 17.5 Å². The van der Waals surface area contributed by atoms with Crippen LogP contribution in [0.4, 0.5) is 0 Å². The molecule has 1 N–H and O–H groups in total. The van der Waals surface area contributed by atoms with Crippen molar-refractivity contribution in [2.24, 2.45) is 0 Å². The Hall–Kier alpha value is -1.06. The SMILES string of the molecule is CC(NCc1cccc(Cl)c1)C(=O)N1CCCCC1. The molecule has 1 unspecified atom stereocenters. The number of rotatable bonds is 4. The van der Waals surface area contributed by atoms with E-state index in [1.54, 1.807) is 0 Å². The van der Waals surface area contributed by atoms with Crippen molar-refractivity contribution in [2.75, 3.05) is 13.1 Å². The molecular formula is C15H21ClN2O. The highest BCUT2D eigenvalue weighted by Gasteiger charge is 2.21. The van der Waals surface area contributed by atoms with Gasteiger partial charge in [-0.25, -0.2) is 0 Å². The van der Waals surface area contributed by atoms with Crippen LogP contribution in [0.15, 0.2) is 24.3 Å². The topological polar surface area (TPSA) is 32.3 Å². The van der Waals surface area contributed by atoms with Crippen molar-refractivity contribution in [3.63, 3.8) is 0 Å². The highest BCUT2D eigenvalue weighted by molar-refractivity contribution is 6.30. The fourth-order valence-electron chi connectivity index (χ4n) is 2.39. The predicted molar refractivity (Wildman–Crippen MR) is 78.2 cm³/mol. The maximum Gasteiger partial charge on any atom is 0.239 e. The van der Waals surface area contributed by atoms with Gasteiger partial charge in [-0.2, -0.15) is 0 Å². The van der Waals surface area contributed by atoms with Crippen LogP contribution < -0.4 is 5.32 Å². The second-order valence-electron chi connectivity index (χ2n) is 5.12. The third-order valence-electron chi connectivity index (χ3n) is 3.54. The second kappa shape index (κ2) is 6.92. The monoisotopic (exact) mass is 280 g/mol. The van der Waals surface area contributed by atoms with E-state index in [0.29, 0.717) is 6.54 Å². The summed E-state index contributed by atoms with van der Waals surface area (Å²) in [5, 5.41) is 4.00. The number of nitrogens with zero attached hydrogens (tertiary/aromatic N) is 1. The van der Waals surface area contributed by atoms with Crippen LogP contribution in [-0.4, -0.2) is 29.9 Å². The highest BCUT2D eigenvalue weighted by Crippen LogP contribution is 2.12. The Morgan fingerprint density at radius 2 is 2.11 bits per heavy atom. The highest BCUT2D eigenvalue weighted by atomic mass is 35.5. The molecule has 0 spiro atoms. The summed E-state index contributed by atoms with van der Waals surface area (Å²) in [5.74, 6) is 0.210. The van der Waals surface area contributed by atoms with Crippen LogP contribution in [0.1, 0.15) is 31.7 Å². The molecule has 3 nitrogen and oxygen atoms in total. The number of carbonyl (C=O) groups is 1. The number of hydrogen-bond acceptors (Lipinski definition) is 2. The molecule has 0 radical (unpaired) electrons. The summed E-state index contributed by atoms with van der Waals surface area (Å²) in [6, 6.07) is 7.57. The zero-order valence-electron chi connectivity index (χ0n) is 11.4. The number of benzene rings is 1. The third kappa shape index (κ3) is 4.22. The summed E-state index contributed by atoms with van der Waals surface area (Å²) >= 11 is 5.94. The lowest BCUT2D eigenvalue weighted by atomic mass is 10.1. The molecule has 0 aromatic heterocycles. The first kappa shape index (κ1) is 14.4. The third-order valence-corrected chi connectivity index (χ3v) is 3.77. The van der Waals surface area contributed by atoms with Gasteiger partial charge in [0.1, 0.15) is 0 Å². The molecule has 1 aliphatic rings. The van der Waals surface area contributed by atoms with Crippen molar-refractivity contribution in [3.05, 3.63) is 34.9 Å². The van der Waals surface area contributed by atoms with E-state index >= 15 is 0 Å². The van der Waals surface area contributed by atoms with E-state index in [1.165, 1.54) is 6.42 Å². The summed E-state index contributed by atoms with van der Waals surface area (Å²) in [7, 11) is 0. The molecule has 1 aliphatic heterocycles. The molecule has 1 heterocycles. The van der Waals surface area contributed by atoms with Crippen LogP contribution in [0.5, 0.6) is 0 Å². The van der Waals surface area contributed by atoms with Gasteiger partial charge in [-0.3, -0.25) is 4.79 Å². The van der Waals surface area contributed by atoms with Gasteiger partial charge < -0.3 is 10.2 Å².